The number of nitrogens with zero attached hydrogens (tertiary/aromatic N) is 6. The van der Waals surface area contributed by atoms with Crippen molar-refractivity contribution >= 4 is 35.2 Å². The lowest BCUT2D eigenvalue weighted by molar-refractivity contribution is 0.0955. The summed E-state index contributed by atoms with van der Waals surface area (Å²) >= 11 is 12.7. The van der Waals surface area contributed by atoms with Crippen LogP contribution in [0, 0.1) is 5.92 Å². The number of rotatable bonds is 11. The Kier molecular flexibility index (Phi) is 11.7. The molecular weight excluding hydrogens is 617 g/mol. The Morgan fingerprint density at radius 2 is 1.71 bits per heavy atom. The van der Waals surface area contributed by atoms with Gasteiger partial charge in [-0.15, -0.1) is 0 Å². The Bertz CT molecular complexity index is 1390. The normalized spacial score (nSPS) is 17.2. The molecule has 2 fully saturated rings. The van der Waals surface area contributed by atoms with E-state index in [1.807, 2.05) is 24.3 Å². The molecule has 0 saturated carbocycles. The van der Waals surface area contributed by atoms with Gasteiger partial charge in [0.05, 0.1) is 24.7 Å². The first-order valence-corrected chi connectivity index (χ1v) is 16.2. The number of amides is 1. The molecule has 242 valence electrons. The van der Waals surface area contributed by atoms with Gasteiger partial charge in [-0.05, 0) is 75.0 Å². The van der Waals surface area contributed by atoms with Crippen molar-refractivity contribution in [2.75, 3.05) is 64.4 Å². The number of carbonyl (C=O) groups excluding carboxylic acids is 1. The van der Waals surface area contributed by atoms with Crippen LogP contribution < -0.4 is 15.0 Å². The highest BCUT2D eigenvalue weighted by atomic mass is 35.5. The SMILES string of the molecule is CNC(=O)OCC1CCN(Cc2cc(Oc3cnc(N4CCN(C(C)CCO)CC4)nc3)nc(-c3cc(Cl)cc(Cl)c3)c2)CC1. The number of nitrogens with one attached hydrogen (secondary N) is 1. The van der Waals surface area contributed by atoms with Crippen LogP contribution in [0.2, 0.25) is 10.0 Å². The van der Waals surface area contributed by atoms with Gasteiger partial charge in [0.15, 0.2) is 5.75 Å². The van der Waals surface area contributed by atoms with Gasteiger partial charge in [-0.2, -0.15) is 0 Å². The first-order valence-electron chi connectivity index (χ1n) is 15.4. The summed E-state index contributed by atoms with van der Waals surface area (Å²) < 4.78 is 11.5. The number of likely N-dealkylation sites (tertiary alicyclic amines) is 1. The van der Waals surface area contributed by atoms with E-state index in [1.165, 1.54) is 0 Å². The van der Waals surface area contributed by atoms with E-state index in [0.717, 1.165) is 69.7 Å². The zero-order valence-corrected chi connectivity index (χ0v) is 27.3. The van der Waals surface area contributed by atoms with E-state index in [-0.39, 0.29) is 6.61 Å². The van der Waals surface area contributed by atoms with Crippen LogP contribution in [0.1, 0.15) is 31.7 Å². The van der Waals surface area contributed by atoms with Crippen LogP contribution in [-0.2, 0) is 11.3 Å². The summed E-state index contributed by atoms with van der Waals surface area (Å²) in [6.45, 7) is 8.72. The molecule has 1 atom stereocenters. The summed E-state index contributed by atoms with van der Waals surface area (Å²) in [7, 11) is 1.57. The molecule has 1 unspecified atom stereocenters. The third kappa shape index (κ3) is 9.40. The molecule has 3 aromatic rings. The topological polar surface area (TPSA) is 116 Å². The molecule has 45 heavy (non-hydrogen) atoms. The molecule has 2 saturated heterocycles. The first kappa shape index (κ1) is 33.2. The lowest BCUT2D eigenvalue weighted by atomic mass is 9.97. The summed E-state index contributed by atoms with van der Waals surface area (Å²) in [5.41, 5.74) is 2.53. The summed E-state index contributed by atoms with van der Waals surface area (Å²) in [5, 5.41) is 12.8. The van der Waals surface area contributed by atoms with E-state index in [9.17, 15) is 9.90 Å². The molecule has 5 rings (SSSR count). The number of halogens is 2. The average molecular weight is 659 g/mol. The van der Waals surface area contributed by atoms with E-state index < -0.39 is 6.09 Å². The molecule has 2 aromatic heterocycles. The van der Waals surface area contributed by atoms with Gasteiger partial charge in [-0.25, -0.2) is 19.7 Å². The molecule has 13 heteroatoms. The van der Waals surface area contributed by atoms with Crippen LogP contribution in [0.4, 0.5) is 10.7 Å². The Balaban J connectivity index is 1.27. The number of carbonyl (C=O) groups is 1. The van der Waals surface area contributed by atoms with E-state index in [1.54, 1.807) is 25.5 Å². The predicted molar refractivity (Wildman–Crippen MR) is 175 cm³/mol. The van der Waals surface area contributed by atoms with Crippen molar-refractivity contribution in [1.29, 1.82) is 0 Å². The Hall–Kier alpha value is -3.22. The lowest BCUT2D eigenvalue weighted by Gasteiger charge is -2.37. The van der Waals surface area contributed by atoms with Crippen molar-refractivity contribution in [1.82, 2.24) is 30.1 Å². The number of aromatic nitrogens is 3. The van der Waals surface area contributed by atoms with E-state index >= 15 is 0 Å². The van der Waals surface area contributed by atoms with Crippen LogP contribution in [0.3, 0.4) is 0 Å². The number of hydrogen-bond acceptors (Lipinski definition) is 10. The second-order valence-corrected chi connectivity index (χ2v) is 12.5. The van der Waals surface area contributed by atoms with E-state index in [0.29, 0.717) is 58.4 Å². The van der Waals surface area contributed by atoms with E-state index in [4.69, 9.17) is 37.7 Å². The van der Waals surface area contributed by atoms with Gasteiger partial charge < -0.3 is 24.8 Å². The maximum atomic E-state index is 11.5. The number of aliphatic hydroxyl groups excluding tert-OH is 1. The maximum Gasteiger partial charge on any atom is 0.406 e. The van der Waals surface area contributed by atoms with Crippen molar-refractivity contribution in [2.45, 2.75) is 38.8 Å². The number of benzene rings is 1. The number of piperidine rings is 1. The van der Waals surface area contributed by atoms with Gasteiger partial charge in [0, 0.05) is 74.1 Å². The van der Waals surface area contributed by atoms with Gasteiger partial charge in [-0.1, -0.05) is 23.2 Å². The summed E-state index contributed by atoms with van der Waals surface area (Å²) in [4.78, 5) is 32.4. The van der Waals surface area contributed by atoms with Crippen LogP contribution in [0.25, 0.3) is 11.3 Å². The van der Waals surface area contributed by atoms with Gasteiger partial charge in [0.25, 0.3) is 0 Å². The number of hydrogen-bond donors (Lipinski definition) is 2. The predicted octanol–water partition coefficient (Wildman–Crippen LogP) is 5.10. The zero-order valence-electron chi connectivity index (χ0n) is 25.8. The summed E-state index contributed by atoms with van der Waals surface area (Å²) in [6, 6.07) is 9.70. The highest BCUT2D eigenvalue weighted by molar-refractivity contribution is 6.35. The fourth-order valence-electron chi connectivity index (χ4n) is 5.77. The smallest absolute Gasteiger partial charge is 0.406 e. The third-order valence-electron chi connectivity index (χ3n) is 8.39. The largest absolute Gasteiger partial charge is 0.449 e. The average Bonchev–Trinajstić information content (AvgIpc) is 3.04. The number of alkyl carbamates (subject to hydrolysis) is 1. The van der Waals surface area contributed by atoms with Crippen molar-refractivity contribution in [3.8, 4) is 22.9 Å². The summed E-state index contributed by atoms with van der Waals surface area (Å²) in [6.07, 6.45) is 5.64. The fraction of sp³-hybridized carbons (Fsp3) is 0.500. The minimum atomic E-state index is -0.391. The zero-order chi connectivity index (χ0) is 31.8. The molecule has 0 bridgehead atoms. The lowest BCUT2D eigenvalue weighted by Crippen LogP contribution is -2.50. The standard InChI is InChI=1S/C32H41Cl2N7O4/c1-22(5-12-42)40-8-10-41(11-9-40)31-36-18-28(19-37-31)45-30-14-24(13-29(38-30)25-15-26(33)17-27(34)16-25)20-39-6-3-23(4-7-39)21-44-32(43)35-2/h13-19,22-23,42H,3-12,20-21H2,1-2H3,(H,35,43). The van der Waals surface area contributed by atoms with Crippen molar-refractivity contribution in [3.63, 3.8) is 0 Å². The Morgan fingerprint density at radius 3 is 2.36 bits per heavy atom. The summed E-state index contributed by atoms with van der Waals surface area (Å²) in [5.74, 6) is 1.93. The van der Waals surface area contributed by atoms with Gasteiger partial charge >= 0.3 is 6.09 Å². The number of piperazine rings is 1. The highest BCUT2D eigenvalue weighted by Gasteiger charge is 2.23. The molecule has 4 heterocycles. The van der Waals surface area contributed by atoms with Crippen LogP contribution in [0.15, 0.2) is 42.7 Å². The molecule has 1 amide bonds. The molecule has 11 nitrogen and oxygen atoms in total. The second-order valence-electron chi connectivity index (χ2n) is 11.6. The molecular formula is C32H41Cl2N7O4. The minimum absolute atomic E-state index is 0.202. The number of pyridine rings is 1. The van der Waals surface area contributed by atoms with Gasteiger partial charge in [0.1, 0.15) is 0 Å². The number of ether oxygens (including phenoxy) is 2. The van der Waals surface area contributed by atoms with Gasteiger partial charge in [-0.3, -0.25) is 9.80 Å². The molecule has 2 aliphatic rings. The van der Waals surface area contributed by atoms with Crippen molar-refractivity contribution in [3.05, 3.63) is 58.3 Å². The highest BCUT2D eigenvalue weighted by Crippen LogP contribution is 2.31. The molecule has 1 aromatic carbocycles. The molecule has 0 radical (unpaired) electrons. The number of aliphatic hydroxyl groups is 1. The van der Waals surface area contributed by atoms with Crippen molar-refractivity contribution in [2.24, 2.45) is 5.92 Å². The Morgan fingerprint density at radius 1 is 1.02 bits per heavy atom. The number of anilines is 1. The quantitative estimate of drug-likeness (QED) is 0.289. The Labute approximate surface area is 274 Å². The first-order chi connectivity index (χ1) is 21.8. The monoisotopic (exact) mass is 657 g/mol. The van der Waals surface area contributed by atoms with Crippen LogP contribution >= 0.6 is 23.2 Å². The fourth-order valence-corrected chi connectivity index (χ4v) is 6.29. The van der Waals surface area contributed by atoms with E-state index in [2.05, 4.69) is 36.9 Å². The second kappa shape index (κ2) is 15.9. The molecule has 2 N–H and O–H groups in total. The van der Waals surface area contributed by atoms with Crippen LogP contribution in [0.5, 0.6) is 11.6 Å². The molecule has 2 aliphatic heterocycles. The molecule has 0 spiro atoms. The van der Waals surface area contributed by atoms with Gasteiger partial charge in [0.2, 0.25) is 11.8 Å². The van der Waals surface area contributed by atoms with Crippen LogP contribution in [-0.4, -0.2) is 102 Å². The minimum Gasteiger partial charge on any atom is -0.449 e. The third-order valence-corrected chi connectivity index (χ3v) is 8.83. The maximum absolute atomic E-state index is 11.5. The van der Waals surface area contributed by atoms with Crippen molar-refractivity contribution < 1.29 is 19.4 Å². The molecule has 0 aliphatic carbocycles.